The van der Waals surface area contributed by atoms with Gasteiger partial charge in [-0.05, 0) is 25.7 Å². The molecular formula is C32H60NO3S+. The van der Waals surface area contributed by atoms with Crippen LogP contribution < -0.4 is 4.57 Å². The predicted molar refractivity (Wildman–Crippen MR) is 157 cm³/mol. The topological polar surface area (TPSA) is 31.6 Å². The molecule has 1 fully saturated rings. The highest BCUT2D eigenvalue weighted by Gasteiger charge is 2.25. The third-order valence-electron chi connectivity index (χ3n) is 7.70. The van der Waals surface area contributed by atoms with E-state index in [1.54, 1.807) is 11.3 Å². The Morgan fingerprint density at radius 1 is 0.703 bits per heavy atom. The molecule has 1 aromatic heterocycles. The van der Waals surface area contributed by atoms with E-state index in [0.29, 0.717) is 5.92 Å². The molecule has 1 aliphatic heterocycles. The Bertz CT molecular complexity index is 583. The molecule has 0 unspecified atom stereocenters. The first-order valence-corrected chi connectivity index (χ1v) is 17.0. The number of hydrogen-bond donors (Lipinski definition) is 0. The molecule has 0 aliphatic carbocycles. The second-order valence-electron chi connectivity index (χ2n) is 11.3. The van der Waals surface area contributed by atoms with Crippen LogP contribution in [0.5, 0.6) is 0 Å². The number of nitrogens with zero attached hydrogens (tertiary/aromatic N) is 1. The Morgan fingerprint density at radius 3 is 1.81 bits per heavy atom. The maximum atomic E-state index is 5.93. The highest BCUT2D eigenvalue weighted by atomic mass is 32.1. The van der Waals surface area contributed by atoms with Crippen LogP contribution in [-0.4, -0.2) is 39.1 Å². The van der Waals surface area contributed by atoms with Crippen LogP contribution in [0.3, 0.4) is 0 Å². The van der Waals surface area contributed by atoms with Gasteiger partial charge in [0, 0.05) is 25.6 Å². The number of aromatic nitrogens is 1. The van der Waals surface area contributed by atoms with E-state index in [9.17, 15) is 0 Å². The molecule has 1 aliphatic rings. The third kappa shape index (κ3) is 19.3. The molecule has 216 valence electrons. The second-order valence-corrected chi connectivity index (χ2v) is 12.1. The van der Waals surface area contributed by atoms with Crippen LogP contribution in [0.4, 0.5) is 0 Å². The predicted octanol–water partition coefficient (Wildman–Crippen LogP) is 8.91. The van der Waals surface area contributed by atoms with Crippen molar-refractivity contribution in [3.8, 4) is 0 Å². The number of rotatable bonds is 27. The number of aryl methyl sites for hydroxylation is 1. The fourth-order valence-corrected chi connectivity index (χ4v) is 5.92. The molecule has 0 saturated carbocycles. The second kappa shape index (κ2) is 24.5. The zero-order valence-electron chi connectivity index (χ0n) is 24.4. The van der Waals surface area contributed by atoms with E-state index in [0.717, 1.165) is 52.4 Å². The Kier molecular flexibility index (Phi) is 21.7. The van der Waals surface area contributed by atoms with Crippen LogP contribution >= 0.6 is 11.3 Å². The van der Waals surface area contributed by atoms with Crippen LogP contribution in [0.15, 0.2) is 17.1 Å². The molecule has 2 atom stereocenters. The standard InChI is InChI=1S/C32H60NO3S/c1-2-3-4-5-6-7-8-9-10-11-12-13-14-15-16-19-24-35-29-32-26-31(28-36-32)27-34-23-20-17-18-21-33-22-25-37-30-33/h22,25,30-32H,2-21,23-24,26-29H2,1H3/q+1/t31-,32-/m1/s1. The zero-order valence-corrected chi connectivity index (χ0v) is 25.2. The smallest absolute Gasteiger partial charge is 0.224 e. The molecule has 0 radical (unpaired) electrons. The van der Waals surface area contributed by atoms with E-state index in [4.69, 9.17) is 14.2 Å². The lowest BCUT2D eigenvalue weighted by atomic mass is 10.0. The van der Waals surface area contributed by atoms with Gasteiger partial charge in [0.25, 0.3) is 0 Å². The van der Waals surface area contributed by atoms with Crippen molar-refractivity contribution in [1.82, 2.24) is 0 Å². The maximum absolute atomic E-state index is 5.93. The summed E-state index contributed by atoms with van der Waals surface area (Å²) < 4.78 is 20.0. The molecule has 37 heavy (non-hydrogen) atoms. The minimum absolute atomic E-state index is 0.275. The van der Waals surface area contributed by atoms with Crippen molar-refractivity contribution in [2.75, 3.05) is 33.0 Å². The quantitative estimate of drug-likeness (QED) is 0.0827. The molecule has 5 heteroatoms. The van der Waals surface area contributed by atoms with Gasteiger partial charge < -0.3 is 14.2 Å². The Morgan fingerprint density at radius 2 is 1.24 bits per heavy atom. The van der Waals surface area contributed by atoms with Crippen LogP contribution in [0.2, 0.25) is 0 Å². The van der Waals surface area contributed by atoms with E-state index < -0.39 is 0 Å². The summed E-state index contributed by atoms with van der Waals surface area (Å²) in [6, 6.07) is 0. The number of ether oxygens (including phenoxy) is 3. The van der Waals surface area contributed by atoms with E-state index >= 15 is 0 Å². The lowest BCUT2D eigenvalue weighted by Crippen LogP contribution is -2.29. The molecule has 0 amide bonds. The van der Waals surface area contributed by atoms with Gasteiger partial charge in [-0.2, -0.15) is 4.57 Å². The molecule has 1 aromatic rings. The Hall–Kier alpha value is -0.490. The lowest BCUT2D eigenvalue weighted by molar-refractivity contribution is -0.692. The van der Waals surface area contributed by atoms with Crippen LogP contribution in [0.1, 0.15) is 135 Å². The van der Waals surface area contributed by atoms with Crippen molar-refractivity contribution >= 4 is 11.3 Å². The summed E-state index contributed by atoms with van der Waals surface area (Å²) in [6.45, 7) is 7.63. The summed E-state index contributed by atoms with van der Waals surface area (Å²) in [6.07, 6.45) is 29.7. The van der Waals surface area contributed by atoms with Gasteiger partial charge in [-0.1, -0.05) is 115 Å². The Labute approximate surface area is 233 Å². The van der Waals surface area contributed by atoms with E-state index in [2.05, 4.69) is 28.6 Å². The van der Waals surface area contributed by atoms with Gasteiger partial charge in [-0.3, -0.25) is 0 Å². The zero-order chi connectivity index (χ0) is 26.1. The van der Waals surface area contributed by atoms with Gasteiger partial charge in [0.2, 0.25) is 5.51 Å². The summed E-state index contributed by atoms with van der Waals surface area (Å²) in [7, 11) is 0. The molecular weight excluding hydrogens is 478 g/mol. The van der Waals surface area contributed by atoms with Crippen molar-refractivity contribution in [1.29, 1.82) is 0 Å². The fraction of sp³-hybridized carbons (Fsp3) is 0.906. The molecule has 0 N–H and O–H groups in total. The number of thiazole rings is 1. The molecule has 4 nitrogen and oxygen atoms in total. The van der Waals surface area contributed by atoms with Gasteiger partial charge in [0.05, 0.1) is 31.3 Å². The number of unbranched alkanes of at least 4 members (excludes halogenated alkanes) is 17. The van der Waals surface area contributed by atoms with Crippen molar-refractivity contribution in [3.63, 3.8) is 0 Å². The van der Waals surface area contributed by atoms with Crippen LogP contribution in [-0.2, 0) is 20.8 Å². The first-order chi connectivity index (χ1) is 18.4. The SMILES string of the molecule is CCCCCCCCCCCCCCCCCCOC[C@H]1C[C@H](COCCCCC[n+]2ccsc2)CO1. The van der Waals surface area contributed by atoms with E-state index in [1.165, 1.54) is 116 Å². The monoisotopic (exact) mass is 538 g/mol. The summed E-state index contributed by atoms with van der Waals surface area (Å²) in [5.74, 6) is 0.547. The van der Waals surface area contributed by atoms with Gasteiger partial charge >= 0.3 is 0 Å². The molecule has 0 spiro atoms. The van der Waals surface area contributed by atoms with Gasteiger partial charge in [0.15, 0.2) is 6.20 Å². The highest BCUT2D eigenvalue weighted by molar-refractivity contribution is 7.07. The molecule has 1 saturated heterocycles. The normalized spacial score (nSPS) is 17.6. The largest absolute Gasteiger partial charge is 0.381 e. The minimum Gasteiger partial charge on any atom is -0.381 e. The van der Waals surface area contributed by atoms with E-state index in [1.807, 2.05) is 0 Å². The summed E-state index contributed by atoms with van der Waals surface area (Å²) in [5, 5.41) is 2.13. The first kappa shape index (κ1) is 32.7. The van der Waals surface area contributed by atoms with Gasteiger partial charge in [-0.25, -0.2) is 0 Å². The summed E-state index contributed by atoms with van der Waals surface area (Å²) >= 11 is 1.76. The van der Waals surface area contributed by atoms with Crippen molar-refractivity contribution < 1.29 is 18.8 Å². The van der Waals surface area contributed by atoms with E-state index in [-0.39, 0.29) is 6.10 Å². The molecule has 0 aromatic carbocycles. The highest BCUT2D eigenvalue weighted by Crippen LogP contribution is 2.20. The van der Waals surface area contributed by atoms with Crippen molar-refractivity contribution in [2.45, 2.75) is 148 Å². The fourth-order valence-electron chi connectivity index (χ4n) is 5.29. The van der Waals surface area contributed by atoms with Crippen molar-refractivity contribution in [2.24, 2.45) is 5.92 Å². The van der Waals surface area contributed by atoms with Crippen LogP contribution in [0.25, 0.3) is 0 Å². The summed E-state index contributed by atoms with van der Waals surface area (Å²) in [5.41, 5.74) is 2.18. The Balaban J connectivity index is 1.23. The van der Waals surface area contributed by atoms with Gasteiger partial charge in [0.1, 0.15) is 6.54 Å². The minimum atomic E-state index is 0.275. The molecule has 2 heterocycles. The lowest BCUT2D eigenvalue weighted by Gasteiger charge is -2.11. The van der Waals surface area contributed by atoms with Gasteiger partial charge in [-0.15, -0.1) is 0 Å². The summed E-state index contributed by atoms with van der Waals surface area (Å²) in [4.78, 5) is 0. The first-order valence-electron chi connectivity index (χ1n) is 16.1. The molecule has 0 bridgehead atoms. The maximum Gasteiger partial charge on any atom is 0.224 e. The van der Waals surface area contributed by atoms with Crippen LogP contribution in [0, 0.1) is 5.92 Å². The average molecular weight is 539 g/mol. The van der Waals surface area contributed by atoms with Crippen molar-refractivity contribution in [3.05, 3.63) is 17.1 Å². The average Bonchev–Trinajstić information content (AvgIpc) is 3.60. The number of hydrogen-bond acceptors (Lipinski definition) is 4. The molecule has 2 rings (SSSR count). The third-order valence-corrected chi connectivity index (χ3v) is 8.37.